The average Bonchev–Trinajstić information content (AvgIpc) is 3.32. The molecular formula is C33H32O10. The fourth-order valence-corrected chi connectivity index (χ4v) is 4.36. The molecule has 0 bridgehead atoms. The molecule has 0 radical (unpaired) electrons. The summed E-state index contributed by atoms with van der Waals surface area (Å²) in [6, 6.07) is 24.2. The van der Waals surface area contributed by atoms with Crippen LogP contribution >= 0.6 is 0 Å². The maximum absolute atomic E-state index is 13.4. The van der Waals surface area contributed by atoms with Gasteiger partial charge in [-0.3, -0.25) is 9.59 Å². The van der Waals surface area contributed by atoms with Gasteiger partial charge in [0, 0.05) is 0 Å². The van der Waals surface area contributed by atoms with E-state index in [0.717, 1.165) is 0 Å². The predicted molar refractivity (Wildman–Crippen MR) is 152 cm³/mol. The van der Waals surface area contributed by atoms with Crippen LogP contribution in [0.25, 0.3) is 0 Å². The van der Waals surface area contributed by atoms with E-state index in [1.54, 1.807) is 87.5 Å². The second-order valence-corrected chi connectivity index (χ2v) is 10.8. The monoisotopic (exact) mass is 588 g/mol. The van der Waals surface area contributed by atoms with Gasteiger partial charge in [-0.25, -0.2) is 14.4 Å². The molecule has 0 unspecified atom stereocenters. The van der Waals surface area contributed by atoms with Crippen molar-refractivity contribution in [3.63, 3.8) is 0 Å². The minimum atomic E-state index is -1.53. The smallest absolute Gasteiger partial charge is 0.338 e. The SMILES string of the molecule is CC(C)(C)OC(=O)CC(=O)[C@@H]1O[C@H](COC(=O)c2ccccc2)[C@@H](OC(=O)c2ccccc2)[C@H]1OC(=O)c1ccccc1. The summed E-state index contributed by atoms with van der Waals surface area (Å²) in [6.45, 7) is 4.52. The number of Topliss-reactive ketones (excluding diaryl/α,β-unsaturated/α-hetero) is 1. The Morgan fingerprint density at radius 3 is 1.56 bits per heavy atom. The van der Waals surface area contributed by atoms with E-state index in [0.29, 0.717) is 0 Å². The zero-order valence-corrected chi connectivity index (χ0v) is 24.0. The zero-order valence-electron chi connectivity index (χ0n) is 24.0. The Hall–Kier alpha value is -4.83. The lowest BCUT2D eigenvalue weighted by molar-refractivity contribution is -0.158. The number of ether oxygens (including phenoxy) is 5. The van der Waals surface area contributed by atoms with E-state index in [1.807, 2.05) is 0 Å². The molecule has 1 fully saturated rings. The maximum atomic E-state index is 13.4. The van der Waals surface area contributed by atoms with Gasteiger partial charge in [-0.1, -0.05) is 54.6 Å². The third kappa shape index (κ3) is 8.59. The van der Waals surface area contributed by atoms with Gasteiger partial charge in [-0.05, 0) is 57.2 Å². The molecule has 43 heavy (non-hydrogen) atoms. The quantitative estimate of drug-likeness (QED) is 0.191. The highest BCUT2D eigenvalue weighted by Gasteiger charge is 2.53. The Morgan fingerprint density at radius 2 is 1.09 bits per heavy atom. The number of hydrogen-bond acceptors (Lipinski definition) is 10. The van der Waals surface area contributed by atoms with Gasteiger partial charge < -0.3 is 23.7 Å². The lowest BCUT2D eigenvalue weighted by Crippen LogP contribution is -2.44. The normalized spacial score (nSPS) is 19.6. The number of benzene rings is 3. The summed E-state index contributed by atoms with van der Waals surface area (Å²) in [7, 11) is 0. The minimum absolute atomic E-state index is 0.174. The molecule has 4 rings (SSSR count). The second-order valence-electron chi connectivity index (χ2n) is 10.8. The molecular weight excluding hydrogens is 556 g/mol. The van der Waals surface area contributed by atoms with Crippen LogP contribution in [-0.2, 0) is 33.3 Å². The van der Waals surface area contributed by atoms with Crippen molar-refractivity contribution in [2.75, 3.05) is 6.61 Å². The van der Waals surface area contributed by atoms with E-state index >= 15 is 0 Å². The van der Waals surface area contributed by atoms with Crippen molar-refractivity contribution in [2.45, 2.75) is 57.2 Å². The largest absolute Gasteiger partial charge is 0.460 e. The summed E-state index contributed by atoms with van der Waals surface area (Å²) in [4.78, 5) is 64.9. The number of esters is 4. The van der Waals surface area contributed by atoms with Crippen molar-refractivity contribution < 1.29 is 47.7 Å². The van der Waals surface area contributed by atoms with Gasteiger partial charge in [0.15, 0.2) is 24.1 Å². The van der Waals surface area contributed by atoms with Gasteiger partial charge in [0.05, 0.1) is 16.7 Å². The van der Waals surface area contributed by atoms with Crippen LogP contribution < -0.4 is 0 Å². The third-order valence-electron chi connectivity index (χ3n) is 6.26. The average molecular weight is 589 g/mol. The van der Waals surface area contributed by atoms with E-state index in [-0.39, 0.29) is 16.7 Å². The van der Waals surface area contributed by atoms with E-state index in [9.17, 15) is 24.0 Å². The van der Waals surface area contributed by atoms with Crippen molar-refractivity contribution in [2.24, 2.45) is 0 Å². The maximum Gasteiger partial charge on any atom is 0.338 e. The second kappa shape index (κ2) is 13.9. The Balaban J connectivity index is 1.63. The van der Waals surface area contributed by atoms with Gasteiger partial charge in [0.2, 0.25) is 0 Å². The molecule has 0 aromatic heterocycles. The van der Waals surface area contributed by atoms with Crippen LogP contribution in [0, 0.1) is 0 Å². The van der Waals surface area contributed by atoms with Crippen LogP contribution in [0.2, 0.25) is 0 Å². The molecule has 1 heterocycles. The fraction of sp³-hybridized carbons (Fsp3) is 0.303. The highest BCUT2D eigenvalue weighted by atomic mass is 16.7. The molecule has 10 heteroatoms. The van der Waals surface area contributed by atoms with E-state index < -0.39 is 72.7 Å². The van der Waals surface area contributed by atoms with Crippen LogP contribution in [0.3, 0.4) is 0 Å². The molecule has 1 saturated heterocycles. The van der Waals surface area contributed by atoms with Gasteiger partial charge in [-0.15, -0.1) is 0 Å². The summed E-state index contributed by atoms with van der Waals surface area (Å²) < 4.78 is 28.2. The van der Waals surface area contributed by atoms with E-state index in [1.165, 1.54) is 24.3 Å². The molecule has 1 aliphatic rings. The molecule has 0 saturated carbocycles. The summed E-state index contributed by atoms with van der Waals surface area (Å²) in [6.07, 6.45) is -6.31. The number of ketones is 1. The Labute approximate surface area is 248 Å². The minimum Gasteiger partial charge on any atom is -0.460 e. The molecule has 0 N–H and O–H groups in total. The lowest BCUT2D eigenvalue weighted by Gasteiger charge is -2.24. The highest BCUT2D eigenvalue weighted by molar-refractivity contribution is 5.99. The van der Waals surface area contributed by atoms with Gasteiger partial charge >= 0.3 is 23.9 Å². The summed E-state index contributed by atoms with van der Waals surface area (Å²) in [5, 5.41) is 0. The fourth-order valence-electron chi connectivity index (χ4n) is 4.36. The molecule has 3 aromatic carbocycles. The van der Waals surface area contributed by atoms with E-state index in [4.69, 9.17) is 23.7 Å². The standard InChI is InChI=1S/C33H32O10/c1-33(2,3)43-26(35)19-24(34)27-29(42-32(38)23-17-11-6-12-18-23)28(41-31(37)22-15-9-5-10-16-22)25(40-27)20-39-30(36)21-13-7-4-8-14-21/h4-18,25,27-29H,19-20H2,1-3H3/t25-,27+,28-,29+/m1/s1. The summed E-state index contributed by atoms with van der Waals surface area (Å²) in [5.41, 5.74) is -0.218. The van der Waals surface area contributed by atoms with Crippen LogP contribution in [0.1, 0.15) is 58.3 Å². The first-order valence-electron chi connectivity index (χ1n) is 13.7. The first-order valence-corrected chi connectivity index (χ1v) is 13.7. The number of hydrogen-bond donors (Lipinski definition) is 0. The van der Waals surface area contributed by atoms with Crippen molar-refractivity contribution in [3.8, 4) is 0 Å². The van der Waals surface area contributed by atoms with Crippen LogP contribution in [0.15, 0.2) is 91.0 Å². The molecule has 1 aliphatic heterocycles. The molecule has 4 atom stereocenters. The Morgan fingerprint density at radius 1 is 0.651 bits per heavy atom. The van der Waals surface area contributed by atoms with Gasteiger partial charge in [-0.2, -0.15) is 0 Å². The number of carbonyl (C=O) groups excluding carboxylic acids is 5. The van der Waals surface area contributed by atoms with Crippen molar-refractivity contribution in [1.82, 2.24) is 0 Å². The molecule has 0 aliphatic carbocycles. The van der Waals surface area contributed by atoms with Crippen molar-refractivity contribution in [3.05, 3.63) is 108 Å². The van der Waals surface area contributed by atoms with Gasteiger partial charge in [0.1, 0.15) is 24.7 Å². The van der Waals surface area contributed by atoms with Crippen molar-refractivity contribution in [1.29, 1.82) is 0 Å². The van der Waals surface area contributed by atoms with Crippen LogP contribution in [0.5, 0.6) is 0 Å². The number of rotatable bonds is 10. The van der Waals surface area contributed by atoms with Crippen LogP contribution in [-0.4, -0.2) is 66.3 Å². The Kier molecular flexibility index (Phi) is 10.0. The van der Waals surface area contributed by atoms with Crippen molar-refractivity contribution >= 4 is 29.7 Å². The molecule has 3 aromatic rings. The van der Waals surface area contributed by atoms with Crippen LogP contribution in [0.4, 0.5) is 0 Å². The highest BCUT2D eigenvalue weighted by Crippen LogP contribution is 2.31. The molecule has 0 spiro atoms. The molecule has 0 amide bonds. The third-order valence-corrected chi connectivity index (χ3v) is 6.26. The summed E-state index contributed by atoms with van der Waals surface area (Å²) >= 11 is 0. The topological polar surface area (TPSA) is 132 Å². The van der Waals surface area contributed by atoms with E-state index in [2.05, 4.69) is 0 Å². The lowest BCUT2D eigenvalue weighted by atomic mass is 10.0. The zero-order chi connectivity index (χ0) is 31.0. The molecule has 224 valence electrons. The number of carbonyl (C=O) groups is 5. The van der Waals surface area contributed by atoms with Gasteiger partial charge in [0.25, 0.3) is 0 Å². The Bertz CT molecular complexity index is 1430. The first kappa shape index (κ1) is 31.1. The molecule has 10 nitrogen and oxygen atoms in total. The predicted octanol–water partition coefficient (Wildman–Crippen LogP) is 4.36. The summed E-state index contributed by atoms with van der Waals surface area (Å²) in [5.74, 6) is -3.86. The first-order chi connectivity index (χ1) is 20.5.